The van der Waals surface area contributed by atoms with Gasteiger partial charge in [0.05, 0.1) is 18.6 Å². The number of aliphatic carboxylic acids is 1. The second-order valence-electron chi connectivity index (χ2n) is 5.00. The molecule has 6 N–H and O–H groups in total. The van der Waals surface area contributed by atoms with Gasteiger partial charge in [-0.3, -0.25) is 10.6 Å². The highest BCUT2D eigenvalue weighted by molar-refractivity contribution is 7.80. The van der Waals surface area contributed by atoms with Crippen molar-refractivity contribution in [1.82, 2.24) is 9.99 Å². The third-order valence-electron chi connectivity index (χ3n) is 3.45. The Morgan fingerprint density at radius 1 is 1.50 bits per heavy atom. The molecule has 1 aromatic heterocycles. The highest BCUT2D eigenvalue weighted by Gasteiger charge is 2.21. The summed E-state index contributed by atoms with van der Waals surface area (Å²) in [4.78, 5) is 13.7. The van der Waals surface area contributed by atoms with E-state index in [1.54, 1.807) is 24.4 Å². The molecule has 0 aliphatic carbocycles. The second-order valence-corrected chi connectivity index (χ2v) is 5.46. The van der Waals surface area contributed by atoms with Gasteiger partial charge < -0.3 is 20.3 Å². The number of hydrogen-bond donors (Lipinski definition) is 5. The molecule has 0 unspecified atom stereocenters. The number of phenolic OH excluding ortho intramolecular Hbond substituents is 1. The average molecular weight is 326 g/mol. The Hall–Kier alpha value is -1.87. The summed E-state index contributed by atoms with van der Waals surface area (Å²) in [5.41, 5.74) is 1.60. The lowest BCUT2D eigenvalue weighted by molar-refractivity contribution is -0.137. The zero-order valence-corrected chi connectivity index (χ0v) is 12.6. The summed E-state index contributed by atoms with van der Waals surface area (Å²) in [6.45, 7) is 0.0583. The van der Waals surface area contributed by atoms with Crippen LogP contribution >= 0.6 is 12.1 Å². The molecular weight excluding hydrogens is 306 g/mol. The lowest BCUT2D eigenvalue weighted by atomic mass is 10.0. The van der Waals surface area contributed by atoms with Crippen LogP contribution in [0.15, 0.2) is 24.4 Å². The topological polar surface area (TPSA) is 123 Å². The zero-order valence-electron chi connectivity index (χ0n) is 12.7. The van der Waals surface area contributed by atoms with Gasteiger partial charge >= 0.3 is 5.97 Å². The van der Waals surface area contributed by atoms with Crippen molar-refractivity contribution >= 4 is 34.0 Å². The maximum Gasteiger partial charge on any atom is 0.304 e. The first kappa shape index (κ1) is 15.0. The van der Waals surface area contributed by atoms with E-state index in [0.29, 0.717) is 6.42 Å². The van der Waals surface area contributed by atoms with E-state index >= 15 is 0 Å². The molecule has 0 radical (unpaired) electrons. The molecule has 8 heteroatoms. The monoisotopic (exact) mass is 326 g/mol. The van der Waals surface area contributed by atoms with Crippen LogP contribution in [0.3, 0.4) is 0 Å². The quantitative estimate of drug-likeness (QED) is 0.291. The number of aliphatic hydroxyl groups is 1. The van der Waals surface area contributed by atoms with Crippen molar-refractivity contribution in [3.63, 3.8) is 0 Å². The van der Waals surface area contributed by atoms with Crippen LogP contribution in [0.1, 0.15) is 12.0 Å². The number of aromatic hydroxyl groups is 1. The number of hydrazine groups is 1. The fourth-order valence-corrected chi connectivity index (χ4v) is 2.53. The number of hydrogen-bond acceptors (Lipinski definition) is 4. The van der Waals surface area contributed by atoms with E-state index in [1.807, 2.05) is 0 Å². The summed E-state index contributed by atoms with van der Waals surface area (Å²) in [6.07, 6.45) is 1.91. The molecule has 1 heterocycles. The van der Waals surface area contributed by atoms with Crippen LogP contribution in [0.5, 0.6) is 5.75 Å². The van der Waals surface area contributed by atoms with Crippen LogP contribution in [0.25, 0.3) is 10.9 Å². The average Bonchev–Trinajstić information content (AvgIpc) is 2.91. The van der Waals surface area contributed by atoms with Gasteiger partial charge in [-0.2, -0.15) is 12.1 Å². The molecule has 120 valence electrons. The Kier molecular flexibility index (Phi) is 4.74. The Balaban J connectivity index is 2.24. The van der Waals surface area contributed by atoms with Gasteiger partial charge in [-0.1, -0.05) is 0 Å². The third-order valence-corrected chi connectivity index (χ3v) is 3.74. The molecule has 2 aromatic rings. The Morgan fingerprint density at radius 3 is 2.95 bits per heavy atom. The van der Waals surface area contributed by atoms with Crippen molar-refractivity contribution in [2.24, 2.45) is 5.84 Å². The van der Waals surface area contributed by atoms with Crippen molar-refractivity contribution < 1.29 is 20.1 Å². The summed E-state index contributed by atoms with van der Waals surface area (Å²) in [7, 11) is 0. The van der Waals surface area contributed by atoms with Gasteiger partial charge in [0.25, 0.3) is 0 Å². The van der Waals surface area contributed by atoms with Crippen LogP contribution in [0.4, 0.5) is 0 Å². The van der Waals surface area contributed by atoms with Gasteiger partial charge in [0.1, 0.15) is 5.75 Å². The molecule has 0 saturated carbocycles. The first-order chi connectivity index (χ1) is 10.9. The standard InChI is InChI=1S/C14H19N3O4S/c15-17(4-3-13(19)20)12(14(21)22)5-8-7-16-11-6-9(18)1-2-10(8)11/h1-2,6-7,12,16,18,21H,3-5,15,22H2,(H,19,20)/t12-/m0/s1/i22D. The van der Waals surface area contributed by atoms with Crippen molar-refractivity contribution in [1.29, 1.82) is 1.12 Å². The van der Waals surface area contributed by atoms with E-state index < -0.39 is 12.0 Å². The maximum atomic E-state index is 10.7. The number of aromatic amines is 1. The van der Waals surface area contributed by atoms with E-state index in [2.05, 4.69) is 4.98 Å². The maximum absolute atomic E-state index is 10.7. The van der Waals surface area contributed by atoms with E-state index in [1.165, 1.54) is 5.01 Å². The van der Waals surface area contributed by atoms with Crippen molar-refractivity contribution in [3.05, 3.63) is 30.0 Å². The van der Waals surface area contributed by atoms with E-state index in [0.717, 1.165) is 16.5 Å². The minimum atomic E-state index is -0.982. The molecular formula is C14H19N3O4S. The van der Waals surface area contributed by atoms with E-state index in [4.69, 9.17) is 12.1 Å². The molecule has 0 spiro atoms. The number of aromatic nitrogens is 1. The van der Waals surface area contributed by atoms with Crippen LogP contribution in [0, 0.1) is 0 Å². The van der Waals surface area contributed by atoms with Gasteiger partial charge in [-0.05, 0) is 24.1 Å². The number of fused-ring (bicyclic) bond motifs is 1. The normalized spacial score (nSPS) is 14.7. The molecule has 0 aliphatic heterocycles. The van der Waals surface area contributed by atoms with Crippen LogP contribution in [0.2, 0.25) is 0 Å². The Bertz CT molecular complexity index is 734. The van der Waals surface area contributed by atoms with Gasteiger partial charge in [0.15, 0.2) is 0 Å². The molecule has 0 amide bonds. The number of benzene rings is 1. The van der Waals surface area contributed by atoms with Crippen LogP contribution in [-0.2, 0) is 11.2 Å². The summed E-state index contributed by atoms with van der Waals surface area (Å²) in [5, 5.41) is 30.2. The van der Waals surface area contributed by atoms with E-state index in [9.17, 15) is 15.0 Å². The third kappa shape index (κ3) is 3.86. The molecule has 22 heavy (non-hydrogen) atoms. The van der Waals surface area contributed by atoms with Crippen molar-refractivity contribution in [2.75, 3.05) is 6.54 Å². The van der Waals surface area contributed by atoms with Gasteiger partial charge in [-0.25, -0.2) is 5.01 Å². The predicted molar refractivity (Wildman–Crippen MR) is 88.6 cm³/mol. The molecule has 0 aliphatic rings. The number of nitrogens with two attached hydrogens (primary N) is 1. The lowest BCUT2D eigenvalue weighted by Gasteiger charge is -2.26. The largest absolute Gasteiger partial charge is 0.508 e. The number of nitrogens with one attached hydrogen (secondary N) is 1. The first-order valence-electron chi connectivity index (χ1n) is 7.10. The lowest BCUT2D eigenvalue weighted by Crippen LogP contribution is -2.47. The Morgan fingerprint density at radius 2 is 2.27 bits per heavy atom. The summed E-state index contributed by atoms with van der Waals surface area (Å²) >= 11 is -0.0646. The fourth-order valence-electron chi connectivity index (χ4n) is 2.29. The van der Waals surface area contributed by atoms with Crippen LogP contribution in [-0.4, -0.2) is 50.0 Å². The molecule has 2 rings (SSSR count). The Labute approximate surface area is 133 Å². The number of rotatable bonds is 7. The zero-order chi connectivity index (χ0) is 17.0. The van der Waals surface area contributed by atoms with Crippen LogP contribution < -0.4 is 5.84 Å². The number of nitrogens with zero attached hydrogens (tertiary/aromatic N) is 1. The summed E-state index contributed by atoms with van der Waals surface area (Å²) < 4.78 is 7.31. The fraction of sp³-hybridized carbons (Fsp3) is 0.286. The molecule has 1 atom stereocenters. The number of phenols is 1. The minimum absolute atomic E-state index is 0.0583. The number of aliphatic hydroxyl groups excluding tert-OH is 1. The van der Waals surface area contributed by atoms with Gasteiger partial charge in [0, 0.05) is 29.7 Å². The SMILES string of the molecule is [2H]/[SH]=C(\O)[C@H](Cc1c[nH]c2cc(O)ccc12)N(N)CCC(=O)O. The highest BCUT2D eigenvalue weighted by Crippen LogP contribution is 2.24. The smallest absolute Gasteiger partial charge is 0.304 e. The molecule has 0 fully saturated rings. The molecule has 1 aromatic carbocycles. The van der Waals surface area contributed by atoms with Crippen molar-refractivity contribution in [3.8, 4) is 5.75 Å². The first-order valence-corrected chi connectivity index (χ1v) is 7.10. The number of carboxylic acids is 1. The van der Waals surface area contributed by atoms with Crippen molar-refractivity contribution in [2.45, 2.75) is 18.9 Å². The summed E-state index contributed by atoms with van der Waals surface area (Å²) in [6, 6.07) is 4.23. The van der Waals surface area contributed by atoms with Gasteiger partial charge in [-0.15, -0.1) is 0 Å². The second kappa shape index (κ2) is 6.93. The van der Waals surface area contributed by atoms with Gasteiger partial charge in [0.2, 0.25) is 0 Å². The summed E-state index contributed by atoms with van der Waals surface area (Å²) in [5.74, 6) is 5.04. The molecule has 0 bridgehead atoms. The molecule has 7 nitrogen and oxygen atoms in total. The number of carboxylic acid groups (broad SMARTS) is 1. The minimum Gasteiger partial charge on any atom is -0.508 e. The molecule has 0 saturated heterocycles. The van der Waals surface area contributed by atoms with E-state index in [-0.39, 0.29) is 35.9 Å². The number of carbonyl (C=O) groups is 1. The number of H-pyrrole nitrogens is 1. The predicted octanol–water partition coefficient (Wildman–Crippen LogP) is 0.785. The highest BCUT2D eigenvalue weighted by atomic mass is 32.1.